The van der Waals surface area contributed by atoms with Gasteiger partial charge in [0.2, 0.25) is 0 Å². The van der Waals surface area contributed by atoms with Crippen LogP contribution in [0.2, 0.25) is 0 Å². The molecule has 0 bridgehead atoms. The van der Waals surface area contributed by atoms with Crippen LogP contribution in [0.15, 0.2) is 30.3 Å². The number of likely N-dealkylation sites (N-methyl/N-ethyl adjacent to an activating group) is 1. The van der Waals surface area contributed by atoms with E-state index in [0.29, 0.717) is 0 Å². The number of halogens is 1. The van der Waals surface area contributed by atoms with E-state index < -0.39 is 0 Å². The molecule has 80 valence electrons. The zero-order valence-corrected chi connectivity index (χ0v) is 10.4. The number of nitrogens with zero attached hydrogens (tertiary/aromatic N) is 1. The van der Waals surface area contributed by atoms with Crippen LogP contribution in [0.1, 0.15) is 5.56 Å². The number of quaternary nitrogens is 1. The lowest BCUT2D eigenvalue weighted by molar-refractivity contribution is -0.903. The number of hydrogen-bond donors (Lipinski definition) is 1. The maximum absolute atomic E-state index is 8.86. The monoisotopic (exact) mass is 259 g/mol. The normalized spacial score (nSPS) is 10.8. The molecule has 0 saturated heterocycles. The quantitative estimate of drug-likeness (QED) is 0.637. The van der Waals surface area contributed by atoms with Crippen LogP contribution < -0.4 is 17.0 Å². The predicted molar refractivity (Wildman–Crippen MR) is 54.2 cm³/mol. The summed E-state index contributed by atoms with van der Waals surface area (Å²) in [7, 11) is 4.26. The van der Waals surface area contributed by atoms with Crippen molar-refractivity contribution < 1.29 is 26.6 Å². The van der Waals surface area contributed by atoms with Crippen LogP contribution in [-0.4, -0.2) is 36.8 Å². The maximum Gasteiger partial charge on any atom is 0.104 e. The van der Waals surface area contributed by atoms with E-state index in [4.69, 9.17) is 5.11 Å². The Balaban J connectivity index is 0.00000169. The fourth-order valence-electron chi connectivity index (χ4n) is 1.43. The van der Waals surface area contributed by atoms with Crippen molar-refractivity contribution in [2.75, 3.05) is 27.2 Å². The van der Waals surface area contributed by atoms with Gasteiger partial charge in [-0.15, -0.1) is 0 Å². The Morgan fingerprint density at radius 3 is 2.21 bits per heavy atom. The van der Waals surface area contributed by atoms with Crippen molar-refractivity contribution in [2.24, 2.45) is 0 Å². The van der Waals surface area contributed by atoms with Gasteiger partial charge in [-0.25, -0.2) is 0 Å². The van der Waals surface area contributed by atoms with E-state index in [9.17, 15) is 0 Å². The van der Waals surface area contributed by atoms with Gasteiger partial charge in [0.05, 0.1) is 20.7 Å². The largest absolute Gasteiger partial charge is 1.00 e. The molecule has 0 aliphatic carbocycles. The minimum Gasteiger partial charge on any atom is -1.00 e. The molecule has 1 rings (SSSR count). The number of benzene rings is 1. The minimum absolute atomic E-state index is 0. The summed E-state index contributed by atoms with van der Waals surface area (Å²) >= 11 is 0. The van der Waals surface area contributed by atoms with E-state index in [1.54, 1.807) is 0 Å². The molecule has 0 aromatic heterocycles. The summed E-state index contributed by atoms with van der Waals surface area (Å²) in [5, 5.41) is 8.86. The molecule has 0 spiro atoms. The zero-order valence-electron chi connectivity index (χ0n) is 8.78. The van der Waals surface area contributed by atoms with Gasteiger partial charge in [0.1, 0.15) is 13.1 Å². The van der Waals surface area contributed by atoms with Gasteiger partial charge in [-0.3, -0.25) is 0 Å². The van der Waals surface area contributed by atoms with E-state index >= 15 is 0 Å². The molecular weight excluding hydrogens is 242 g/mol. The maximum atomic E-state index is 8.86. The molecule has 1 aromatic rings. The highest BCUT2D eigenvalue weighted by Crippen LogP contribution is 2.07. The van der Waals surface area contributed by atoms with Crippen LogP contribution in [0.3, 0.4) is 0 Å². The lowest BCUT2D eigenvalue weighted by atomic mass is 10.2. The van der Waals surface area contributed by atoms with Crippen LogP contribution >= 0.6 is 0 Å². The van der Waals surface area contributed by atoms with Gasteiger partial charge in [0.15, 0.2) is 0 Å². The summed E-state index contributed by atoms with van der Waals surface area (Å²) in [6.07, 6.45) is 0. The fourth-order valence-corrected chi connectivity index (χ4v) is 1.43. The summed E-state index contributed by atoms with van der Waals surface area (Å²) in [6.45, 7) is 2.02. The summed E-state index contributed by atoms with van der Waals surface area (Å²) < 4.78 is 0.834. The first-order valence-corrected chi connectivity index (χ1v) is 4.61. The number of hydrogen-bond acceptors (Lipinski definition) is 1. The third-order valence-electron chi connectivity index (χ3n) is 2.16. The number of rotatable bonds is 4. The molecule has 0 amide bonds. The minimum atomic E-state index is 0. The van der Waals surface area contributed by atoms with Crippen LogP contribution in [-0.2, 0) is 6.54 Å². The van der Waals surface area contributed by atoms with Crippen molar-refractivity contribution in [3.63, 3.8) is 0 Å². The van der Waals surface area contributed by atoms with E-state index in [1.807, 2.05) is 18.2 Å². The van der Waals surface area contributed by atoms with Gasteiger partial charge < -0.3 is 26.6 Å². The molecule has 3 heteroatoms. The second kappa shape index (κ2) is 6.17. The number of aliphatic hydroxyl groups is 1. The first-order valence-electron chi connectivity index (χ1n) is 4.61. The molecule has 1 N–H and O–H groups in total. The zero-order chi connectivity index (χ0) is 9.73. The van der Waals surface area contributed by atoms with Gasteiger partial charge in [-0.2, -0.15) is 0 Å². The van der Waals surface area contributed by atoms with Crippen LogP contribution in [0.4, 0.5) is 0 Å². The van der Waals surface area contributed by atoms with Crippen molar-refractivity contribution in [2.45, 2.75) is 6.54 Å². The molecular formula is C11H18BrNO. The van der Waals surface area contributed by atoms with Crippen LogP contribution in [0.25, 0.3) is 0 Å². The molecule has 0 fully saturated rings. The first kappa shape index (κ1) is 13.6. The highest BCUT2D eigenvalue weighted by Gasteiger charge is 2.13. The van der Waals surface area contributed by atoms with E-state index in [2.05, 4.69) is 26.2 Å². The SMILES string of the molecule is C[N+](C)(CCO)Cc1ccccc1.[Br-]. The molecule has 0 aliphatic heterocycles. The summed E-state index contributed by atoms with van der Waals surface area (Å²) in [6, 6.07) is 10.4. The summed E-state index contributed by atoms with van der Waals surface area (Å²) in [5.74, 6) is 0. The van der Waals surface area contributed by atoms with Crippen molar-refractivity contribution in [1.29, 1.82) is 0 Å². The third kappa shape index (κ3) is 4.74. The molecule has 14 heavy (non-hydrogen) atoms. The Bertz CT molecular complexity index is 249. The van der Waals surface area contributed by atoms with E-state index in [1.165, 1.54) is 5.56 Å². The molecule has 0 unspecified atom stereocenters. The molecule has 0 radical (unpaired) electrons. The van der Waals surface area contributed by atoms with Crippen molar-refractivity contribution >= 4 is 0 Å². The standard InChI is InChI=1S/C11H18NO.BrH/c1-12(2,8-9-13)10-11-6-4-3-5-7-11;/h3-7,13H,8-10H2,1-2H3;1H/q+1;/p-1. The molecule has 0 heterocycles. The van der Waals surface area contributed by atoms with Gasteiger partial charge >= 0.3 is 0 Å². The lowest BCUT2D eigenvalue weighted by Gasteiger charge is -2.28. The van der Waals surface area contributed by atoms with Crippen molar-refractivity contribution in [3.8, 4) is 0 Å². The molecule has 2 nitrogen and oxygen atoms in total. The van der Waals surface area contributed by atoms with Gasteiger partial charge in [-0.05, 0) is 0 Å². The topological polar surface area (TPSA) is 20.2 Å². The second-order valence-electron chi connectivity index (χ2n) is 4.03. The fraction of sp³-hybridized carbons (Fsp3) is 0.455. The smallest absolute Gasteiger partial charge is 0.104 e. The number of aliphatic hydroxyl groups excluding tert-OH is 1. The summed E-state index contributed by atoms with van der Waals surface area (Å²) in [4.78, 5) is 0. The van der Waals surface area contributed by atoms with Crippen molar-refractivity contribution in [3.05, 3.63) is 35.9 Å². The molecule has 0 saturated carbocycles. The Kier molecular flexibility index (Phi) is 6.00. The Morgan fingerprint density at radius 2 is 1.71 bits per heavy atom. The van der Waals surface area contributed by atoms with Crippen LogP contribution in [0.5, 0.6) is 0 Å². The lowest BCUT2D eigenvalue weighted by Crippen LogP contribution is -3.00. The average molecular weight is 260 g/mol. The first-order chi connectivity index (χ1) is 6.14. The predicted octanol–water partition coefficient (Wildman–Crippen LogP) is -1.74. The van der Waals surface area contributed by atoms with Gasteiger partial charge in [0.25, 0.3) is 0 Å². The Morgan fingerprint density at radius 1 is 1.14 bits per heavy atom. The Hall–Kier alpha value is -0.380. The Labute approximate surface area is 96.5 Å². The second-order valence-corrected chi connectivity index (χ2v) is 4.03. The highest BCUT2D eigenvalue weighted by atomic mass is 79.9. The average Bonchev–Trinajstić information content (AvgIpc) is 2.04. The van der Waals surface area contributed by atoms with Gasteiger partial charge in [-0.1, -0.05) is 30.3 Å². The summed E-state index contributed by atoms with van der Waals surface area (Å²) in [5.41, 5.74) is 1.32. The molecule has 0 atom stereocenters. The van der Waals surface area contributed by atoms with Crippen LogP contribution in [0, 0.1) is 0 Å². The van der Waals surface area contributed by atoms with E-state index in [0.717, 1.165) is 17.6 Å². The van der Waals surface area contributed by atoms with E-state index in [-0.39, 0.29) is 23.6 Å². The highest BCUT2D eigenvalue weighted by molar-refractivity contribution is 5.13. The van der Waals surface area contributed by atoms with Crippen molar-refractivity contribution in [1.82, 2.24) is 0 Å². The third-order valence-corrected chi connectivity index (χ3v) is 2.16. The molecule has 0 aliphatic rings. The molecule has 1 aromatic carbocycles. The van der Waals surface area contributed by atoms with Gasteiger partial charge in [0, 0.05) is 5.56 Å².